The van der Waals surface area contributed by atoms with Crippen LogP contribution >= 0.6 is 0 Å². The van der Waals surface area contributed by atoms with Crippen LogP contribution in [0.25, 0.3) is 0 Å². The summed E-state index contributed by atoms with van der Waals surface area (Å²) in [6.45, 7) is 0. The second kappa shape index (κ2) is 12.2. The maximum absolute atomic E-state index is 12.0. The minimum atomic E-state index is -0.517. The molecule has 7 heteroatoms. The van der Waals surface area contributed by atoms with E-state index in [-0.39, 0.29) is 28.6 Å². The molecule has 2 aromatic rings. The number of phenolic OH excluding ortho intramolecular Hbond substituents is 1. The standard InChI is InChI=1S/C18H13N2O3.C6H6O.Fe/c21-15-10-11-16(20-19-14-8-2-1-3-9-14)17(12-15)23-18(22)13-6-4-5-7-13;7-5-6-3-1-2-4-6;/h1-12,21H;1-5,7H;/q-1;;+2/p-1. The summed E-state index contributed by atoms with van der Waals surface area (Å²) in [4.78, 5) is 12.0. The van der Waals surface area contributed by atoms with E-state index in [1.54, 1.807) is 49.3 Å². The Bertz CT molecular complexity index is 1010. The largest absolute Gasteiger partial charge is 2.00 e. The Labute approximate surface area is 191 Å². The molecule has 0 aliphatic heterocycles. The molecule has 0 spiro atoms. The summed E-state index contributed by atoms with van der Waals surface area (Å²) in [6, 6.07) is 13.5. The number of esters is 1. The molecule has 0 heterocycles. The summed E-state index contributed by atoms with van der Waals surface area (Å²) >= 11 is 0. The van der Waals surface area contributed by atoms with E-state index in [1.807, 2.05) is 30.4 Å². The second-order valence-corrected chi connectivity index (χ2v) is 6.09. The van der Waals surface area contributed by atoms with Crippen LogP contribution in [0, 0.1) is 18.8 Å². The van der Waals surface area contributed by atoms with Crippen molar-refractivity contribution in [2.75, 3.05) is 0 Å². The zero-order chi connectivity index (χ0) is 21.2. The fourth-order valence-electron chi connectivity index (χ4n) is 2.41. The number of phenols is 1. The first kappa shape index (κ1) is 23.7. The molecule has 0 fully saturated rings. The minimum absolute atomic E-state index is 0. The maximum atomic E-state index is 12.0. The van der Waals surface area contributed by atoms with Gasteiger partial charge in [-0.05, 0) is 29.8 Å². The van der Waals surface area contributed by atoms with E-state index in [1.165, 1.54) is 18.2 Å². The molecule has 0 unspecified atom stereocenters. The number of carbonyl (C=O) groups excluding carboxylic acids is 1. The topological polar surface area (TPSA) is 94.3 Å². The van der Waals surface area contributed by atoms with Gasteiger partial charge in [0.2, 0.25) is 0 Å². The van der Waals surface area contributed by atoms with Crippen LogP contribution in [0.1, 0.15) is 0 Å². The van der Waals surface area contributed by atoms with Gasteiger partial charge in [-0.25, -0.2) is 18.6 Å². The predicted octanol–water partition coefficient (Wildman–Crippen LogP) is 4.62. The van der Waals surface area contributed by atoms with Gasteiger partial charge in [0.05, 0.1) is 5.69 Å². The van der Waals surface area contributed by atoms with E-state index in [4.69, 9.17) is 4.74 Å². The van der Waals surface area contributed by atoms with Crippen molar-refractivity contribution in [3.05, 3.63) is 116 Å². The van der Waals surface area contributed by atoms with E-state index in [0.717, 1.165) is 11.8 Å². The molecule has 0 atom stereocenters. The first-order valence-corrected chi connectivity index (χ1v) is 9.06. The molecule has 4 rings (SSSR count). The average molecular weight is 454 g/mol. The molecule has 0 bridgehead atoms. The molecule has 1 N–H and O–H groups in total. The molecule has 0 aromatic heterocycles. The van der Waals surface area contributed by atoms with Crippen molar-refractivity contribution in [2.24, 2.45) is 10.2 Å². The molecular weight excluding hydrogens is 436 g/mol. The molecular formula is C24H18FeN2O4. The number of rotatable bonds is 4. The molecule has 156 valence electrons. The Kier molecular flexibility index (Phi) is 9.36. The van der Waals surface area contributed by atoms with Gasteiger partial charge in [-0.15, -0.1) is 11.4 Å². The number of carbonyl (C=O) groups is 1. The Balaban J connectivity index is 0.000000364. The quantitative estimate of drug-likeness (QED) is 0.182. The summed E-state index contributed by atoms with van der Waals surface area (Å²) in [5, 5.41) is 27.6. The van der Waals surface area contributed by atoms with Gasteiger partial charge in [0.15, 0.2) is 5.75 Å². The zero-order valence-corrected chi connectivity index (χ0v) is 17.3. The van der Waals surface area contributed by atoms with Gasteiger partial charge in [-0.1, -0.05) is 48.9 Å². The third-order valence-electron chi connectivity index (χ3n) is 3.90. The number of azo groups is 1. The van der Waals surface area contributed by atoms with Crippen LogP contribution in [0.15, 0.2) is 107 Å². The molecule has 0 amide bonds. The van der Waals surface area contributed by atoms with Crippen molar-refractivity contribution in [2.45, 2.75) is 0 Å². The second-order valence-electron chi connectivity index (χ2n) is 6.09. The van der Waals surface area contributed by atoms with Crippen molar-refractivity contribution < 1.29 is 36.8 Å². The van der Waals surface area contributed by atoms with Crippen molar-refractivity contribution >= 4 is 17.3 Å². The number of hydrogen-bond acceptors (Lipinski definition) is 6. The molecule has 0 saturated heterocycles. The van der Waals surface area contributed by atoms with E-state index in [9.17, 15) is 15.0 Å². The molecule has 2 aromatic carbocycles. The van der Waals surface area contributed by atoms with Crippen molar-refractivity contribution in [3.8, 4) is 11.5 Å². The third-order valence-corrected chi connectivity index (χ3v) is 3.90. The van der Waals surface area contributed by atoms with Gasteiger partial charge in [-0.2, -0.15) is 5.11 Å². The summed E-state index contributed by atoms with van der Waals surface area (Å²) < 4.78 is 5.31. The van der Waals surface area contributed by atoms with E-state index in [2.05, 4.69) is 10.2 Å². The number of hydrogen-bond donors (Lipinski definition) is 1. The Morgan fingerprint density at radius 3 is 2.39 bits per heavy atom. The maximum Gasteiger partial charge on any atom is 2.00 e. The van der Waals surface area contributed by atoms with Gasteiger partial charge in [-0.3, -0.25) is 4.79 Å². The van der Waals surface area contributed by atoms with Crippen LogP contribution in [0.5, 0.6) is 11.5 Å². The van der Waals surface area contributed by atoms with Crippen LogP contribution in [0.2, 0.25) is 0 Å². The van der Waals surface area contributed by atoms with Crippen LogP contribution in [0.3, 0.4) is 0 Å². The number of ether oxygens (including phenoxy) is 1. The summed E-state index contributed by atoms with van der Waals surface area (Å²) in [7, 11) is 0. The van der Waals surface area contributed by atoms with Crippen molar-refractivity contribution in [3.63, 3.8) is 0 Å². The van der Waals surface area contributed by atoms with Gasteiger partial charge < -0.3 is 14.9 Å². The van der Waals surface area contributed by atoms with Gasteiger partial charge in [0.25, 0.3) is 0 Å². The zero-order valence-electron chi connectivity index (χ0n) is 16.2. The van der Waals surface area contributed by atoms with Gasteiger partial charge in [0, 0.05) is 12.0 Å². The molecule has 0 saturated carbocycles. The number of aromatic hydroxyl groups is 1. The van der Waals surface area contributed by atoms with E-state index in [0.29, 0.717) is 17.3 Å². The molecule has 31 heavy (non-hydrogen) atoms. The fourth-order valence-corrected chi connectivity index (χ4v) is 2.41. The Morgan fingerprint density at radius 1 is 1.03 bits per heavy atom. The van der Waals surface area contributed by atoms with E-state index >= 15 is 0 Å². The van der Waals surface area contributed by atoms with Crippen molar-refractivity contribution in [1.29, 1.82) is 0 Å². The average Bonchev–Trinajstić information content (AvgIpc) is 3.48. The predicted molar refractivity (Wildman–Crippen MR) is 112 cm³/mol. The SMILES string of the molecule is O=C(Oc1cc(O)ccc1N=Nc1ccccc1)[C]1[CH]C=C[CH-]1.[Fe+2].[O-]C=C1C=CC=C1. The number of allylic oxidation sites excluding steroid dienone is 7. The summed E-state index contributed by atoms with van der Waals surface area (Å²) in [5.74, 6) is 0.0425. The first-order chi connectivity index (χ1) is 14.7. The van der Waals surface area contributed by atoms with Crippen LogP contribution < -0.4 is 9.84 Å². The molecule has 2 aliphatic rings. The Hall–Kier alpha value is -3.54. The first-order valence-electron chi connectivity index (χ1n) is 9.06. The number of benzene rings is 2. The molecule has 6 nitrogen and oxygen atoms in total. The van der Waals surface area contributed by atoms with Gasteiger partial charge >= 0.3 is 23.0 Å². The van der Waals surface area contributed by atoms with Crippen LogP contribution in [0.4, 0.5) is 11.4 Å². The van der Waals surface area contributed by atoms with Crippen LogP contribution in [-0.4, -0.2) is 11.1 Å². The van der Waals surface area contributed by atoms with Crippen molar-refractivity contribution in [1.82, 2.24) is 0 Å². The normalized spacial score (nSPS) is 14.0. The number of nitrogens with zero attached hydrogens (tertiary/aromatic N) is 2. The monoisotopic (exact) mass is 454 g/mol. The van der Waals surface area contributed by atoms with Crippen LogP contribution in [-0.2, 0) is 21.9 Å². The third kappa shape index (κ3) is 7.33. The Morgan fingerprint density at radius 2 is 1.77 bits per heavy atom. The van der Waals surface area contributed by atoms with E-state index < -0.39 is 5.97 Å². The fraction of sp³-hybridized carbons (Fsp3) is 0. The minimum Gasteiger partial charge on any atom is -0.877 e. The molecule has 2 radical (unpaired) electrons. The smallest absolute Gasteiger partial charge is 0.877 e. The molecule has 2 aliphatic carbocycles. The summed E-state index contributed by atoms with van der Waals surface area (Å²) in [5.41, 5.74) is 1.78. The van der Waals surface area contributed by atoms with Gasteiger partial charge in [0.1, 0.15) is 11.4 Å². The summed E-state index contributed by atoms with van der Waals surface area (Å²) in [6.07, 6.45) is 14.8.